The number of amides is 1. The van der Waals surface area contributed by atoms with Crippen molar-refractivity contribution in [3.63, 3.8) is 0 Å². The maximum Gasteiger partial charge on any atom is 0.458 e. The molecule has 0 aliphatic rings. The number of carbonyl (C=O) groups excluding carboxylic acids is 3. The molecule has 0 heterocycles. The van der Waals surface area contributed by atoms with Crippen LogP contribution in [0.25, 0.3) is 0 Å². The summed E-state index contributed by atoms with van der Waals surface area (Å²) in [7, 11) is 0. The molecule has 0 spiro atoms. The highest BCUT2D eigenvalue weighted by Gasteiger charge is 2.45. The Bertz CT molecular complexity index is 511. The predicted octanol–water partition coefficient (Wildman–Crippen LogP) is 1.43. The van der Waals surface area contributed by atoms with Gasteiger partial charge >= 0.3 is 12.0 Å². The zero-order valence-corrected chi connectivity index (χ0v) is 10.5. The van der Waals surface area contributed by atoms with Gasteiger partial charge in [-0.05, 0) is 5.56 Å². The minimum atomic E-state index is -5.25. The zero-order chi connectivity index (χ0) is 15.3. The Hall–Kier alpha value is -2.18. The fourth-order valence-electron chi connectivity index (χ4n) is 1.60. The van der Waals surface area contributed by atoms with Crippen LogP contribution in [0.15, 0.2) is 30.3 Å². The second-order valence-electron chi connectivity index (χ2n) is 4.13. The molecule has 0 bridgehead atoms. The lowest BCUT2D eigenvalue weighted by molar-refractivity contribution is -0.175. The van der Waals surface area contributed by atoms with Crippen molar-refractivity contribution < 1.29 is 27.6 Å². The van der Waals surface area contributed by atoms with E-state index in [-0.39, 0.29) is 6.42 Å². The summed E-state index contributed by atoms with van der Waals surface area (Å²) in [6.45, 7) is 1.06. The van der Waals surface area contributed by atoms with E-state index in [1.165, 1.54) is 0 Å². The molecule has 1 aromatic rings. The van der Waals surface area contributed by atoms with Gasteiger partial charge in [-0.3, -0.25) is 14.4 Å². The summed E-state index contributed by atoms with van der Waals surface area (Å²) in [5.41, 5.74) is 0.537. The second kappa shape index (κ2) is 6.31. The van der Waals surface area contributed by atoms with Crippen LogP contribution in [0.5, 0.6) is 0 Å². The molecule has 1 N–H and O–H groups in total. The van der Waals surface area contributed by atoms with Crippen LogP contribution >= 0.6 is 0 Å². The highest BCUT2D eigenvalue weighted by Crippen LogP contribution is 2.18. The molecule has 7 heteroatoms. The van der Waals surface area contributed by atoms with E-state index in [1.807, 2.05) is 0 Å². The van der Waals surface area contributed by atoms with E-state index < -0.39 is 29.7 Å². The number of benzene rings is 1. The Labute approximate surface area is 113 Å². The molecule has 108 valence electrons. The van der Waals surface area contributed by atoms with E-state index in [9.17, 15) is 27.6 Å². The van der Waals surface area contributed by atoms with Gasteiger partial charge in [0.15, 0.2) is 0 Å². The molecule has 0 radical (unpaired) electrons. The predicted molar refractivity (Wildman–Crippen MR) is 63.8 cm³/mol. The van der Waals surface area contributed by atoms with Gasteiger partial charge in [0, 0.05) is 13.3 Å². The molecule has 1 aromatic carbocycles. The molecule has 0 saturated carbocycles. The van der Waals surface area contributed by atoms with E-state index in [1.54, 1.807) is 30.3 Å². The SMILES string of the molecule is CC(=O)N[C@@H](Cc1ccccc1)C(=O)C(=O)C(F)(F)F. The van der Waals surface area contributed by atoms with E-state index in [0.717, 1.165) is 6.92 Å². The summed E-state index contributed by atoms with van der Waals surface area (Å²) in [4.78, 5) is 33.5. The highest BCUT2D eigenvalue weighted by molar-refractivity contribution is 6.41. The molecule has 1 rings (SSSR count). The third-order valence-corrected chi connectivity index (χ3v) is 2.46. The quantitative estimate of drug-likeness (QED) is 0.833. The summed E-state index contributed by atoms with van der Waals surface area (Å²) in [5.74, 6) is -4.82. The van der Waals surface area contributed by atoms with Gasteiger partial charge in [0.1, 0.15) is 0 Å². The van der Waals surface area contributed by atoms with Crippen molar-refractivity contribution in [2.24, 2.45) is 0 Å². The first-order valence-corrected chi connectivity index (χ1v) is 5.68. The average molecular weight is 287 g/mol. The topological polar surface area (TPSA) is 63.2 Å². The van der Waals surface area contributed by atoms with Crippen LogP contribution in [0.2, 0.25) is 0 Å². The first-order valence-electron chi connectivity index (χ1n) is 5.68. The Morgan fingerprint density at radius 3 is 2.15 bits per heavy atom. The number of rotatable bonds is 5. The number of alkyl halides is 3. The number of halogens is 3. The molecule has 0 fully saturated rings. The molecule has 4 nitrogen and oxygen atoms in total. The smallest absolute Gasteiger partial charge is 0.346 e. The average Bonchev–Trinajstić information content (AvgIpc) is 2.36. The fraction of sp³-hybridized carbons (Fsp3) is 0.308. The summed E-state index contributed by atoms with van der Waals surface area (Å²) < 4.78 is 36.8. The molecule has 1 atom stereocenters. The van der Waals surface area contributed by atoms with Crippen molar-refractivity contribution in [3.8, 4) is 0 Å². The van der Waals surface area contributed by atoms with Crippen molar-refractivity contribution in [2.75, 3.05) is 0 Å². The number of ketones is 2. The first-order chi connectivity index (χ1) is 9.21. The molecule has 0 aromatic heterocycles. The van der Waals surface area contributed by atoms with Gasteiger partial charge in [-0.2, -0.15) is 13.2 Å². The zero-order valence-electron chi connectivity index (χ0n) is 10.5. The largest absolute Gasteiger partial charge is 0.458 e. The third-order valence-electron chi connectivity index (χ3n) is 2.46. The van der Waals surface area contributed by atoms with E-state index in [4.69, 9.17) is 0 Å². The number of hydrogen-bond donors (Lipinski definition) is 1. The summed E-state index contributed by atoms with van der Waals surface area (Å²) in [6.07, 6.45) is -5.43. The van der Waals surface area contributed by atoms with Crippen molar-refractivity contribution in [3.05, 3.63) is 35.9 Å². The molecule has 0 aliphatic carbocycles. The number of Topliss-reactive ketones (excluding diaryl/α,β-unsaturated/α-hetero) is 2. The molecule has 0 unspecified atom stereocenters. The molecule has 20 heavy (non-hydrogen) atoms. The minimum absolute atomic E-state index is 0.179. The monoisotopic (exact) mass is 287 g/mol. The van der Waals surface area contributed by atoms with Gasteiger partial charge < -0.3 is 5.32 Å². The Morgan fingerprint density at radius 2 is 1.70 bits per heavy atom. The first kappa shape index (κ1) is 15.9. The maximum atomic E-state index is 12.3. The van der Waals surface area contributed by atoms with Gasteiger partial charge in [0.25, 0.3) is 0 Å². The highest BCUT2D eigenvalue weighted by atomic mass is 19.4. The van der Waals surface area contributed by atoms with Crippen LogP contribution < -0.4 is 5.32 Å². The number of carbonyl (C=O) groups is 3. The fourth-order valence-corrected chi connectivity index (χ4v) is 1.60. The van der Waals surface area contributed by atoms with Crippen LogP contribution in [0, 0.1) is 0 Å². The van der Waals surface area contributed by atoms with Crippen LogP contribution in [0.3, 0.4) is 0 Å². The van der Waals surface area contributed by atoms with Crippen LogP contribution in [-0.2, 0) is 20.8 Å². The van der Waals surface area contributed by atoms with Crippen LogP contribution in [0.4, 0.5) is 13.2 Å². The van der Waals surface area contributed by atoms with Crippen molar-refractivity contribution >= 4 is 17.5 Å². The standard InChI is InChI=1S/C13H12F3NO3/c1-8(18)17-10(7-9-5-3-2-4-6-9)11(19)12(20)13(14,15)16/h2-6,10H,7H2,1H3,(H,17,18)/t10-/m0/s1. The van der Waals surface area contributed by atoms with Crippen molar-refractivity contribution in [1.29, 1.82) is 0 Å². The van der Waals surface area contributed by atoms with Crippen LogP contribution in [0.1, 0.15) is 12.5 Å². The Kier molecular flexibility index (Phi) is 5.01. The van der Waals surface area contributed by atoms with E-state index in [0.29, 0.717) is 5.56 Å². The van der Waals surface area contributed by atoms with Gasteiger partial charge in [-0.1, -0.05) is 30.3 Å². The van der Waals surface area contributed by atoms with Gasteiger partial charge in [0.2, 0.25) is 11.7 Å². The van der Waals surface area contributed by atoms with Crippen molar-refractivity contribution in [1.82, 2.24) is 5.32 Å². The van der Waals surface area contributed by atoms with E-state index in [2.05, 4.69) is 5.32 Å². The van der Waals surface area contributed by atoms with Gasteiger partial charge in [0.05, 0.1) is 6.04 Å². The normalized spacial score (nSPS) is 12.6. The lowest BCUT2D eigenvalue weighted by atomic mass is 9.99. The maximum absolute atomic E-state index is 12.3. The molecular weight excluding hydrogens is 275 g/mol. The Balaban J connectivity index is 2.92. The Morgan fingerprint density at radius 1 is 1.15 bits per heavy atom. The summed E-state index contributed by atoms with van der Waals surface area (Å²) in [5, 5.41) is 2.07. The molecule has 0 aliphatic heterocycles. The summed E-state index contributed by atoms with van der Waals surface area (Å²) in [6, 6.07) is 6.61. The van der Waals surface area contributed by atoms with Crippen LogP contribution in [-0.4, -0.2) is 29.7 Å². The minimum Gasteiger partial charge on any atom is -0.346 e. The van der Waals surface area contributed by atoms with Gasteiger partial charge in [-0.25, -0.2) is 0 Å². The molecule has 1 amide bonds. The van der Waals surface area contributed by atoms with E-state index >= 15 is 0 Å². The second-order valence-corrected chi connectivity index (χ2v) is 4.13. The van der Waals surface area contributed by atoms with Gasteiger partial charge in [-0.15, -0.1) is 0 Å². The summed E-state index contributed by atoms with van der Waals surface area (Å²) >= 11 is 0. The number of hydrogen-bond acceptors (Lipinski definition) is 3. The lowest BCUT2D eigenvalue weighted by Crippen LogP contribution is -2.48. The molecular formula is C13H12F3NO3. The number of nitrogens with one attached hydrogen (secondary N) is 1. The third kappa shape index (κ3) is 4.49. The molecule has 0 saturated heterocycles. The lowest BCUT2D eigenvalue weighted by Gasteiger charge is -2.16. The van der Waals surface area contributed by atoms with Crippen molar-refractivity contribution in [2.45, 2.75) is 25.6 Å².